The predicted octanol–water partition coefficient (Wildman–Crippen LogP) is 4.92. The van der Waals surface area contributed by atoms with Gasteiger partial charge in [0.1, 0.15) is 0 Å². The molecule has 100 valence electrons. The van der Waals surface area contributed by atoms with E-state index in [1.54, 1.807) is 6.07 Å². The first kappa shape index (κ1) is 13.9. The van der Waals surface area contributed by atoms with Crippen molar-refractivity contribution in [1.82, 2.24) is 0 Å². The first-order valence-electron chi connectivity index (χ1n) is 6.61. The summed E-state index contributed by atoms with van der Waals surface area (Å²) in [6.45, 7) is 4.54. The van der Waals surface area contributed by atoms with E-state index in [1.165, 1.54) is 12.5 Å². The fourth-order valence-electron chi connectivity index (χ4n) is 2.56. The third kappa shape index (κ3) is 3.05. The van der Waals surface area contributed by atoms with Crippen molar-refractivity contribution in [2.45, 2.75) is 44.5 Å². The molecule has 2 rings (SSSR count). The number of hydrogen-bond donors (Lipinski definition) is 0. The molecule has 0 amide bonds. The molecule has 1 saturated carbocycles. The van der Waals surface area contributed by atoms with Crippen molar-refractivity contribution in [2.24, 2.45) is 11.8 Å². The summed E-state index contributed by atoms with van der Waals surface area (Å²) in [4.78, 5) is 0. The second kappa shape index (κ2) is 6.05. The third-order valence-corrected chi connectivity index (χ3v) is 4.63. The molecular formula is C15H20BrFO. The average molecular weight is 315 g/mol. The van der Waals surface area contributed by atoms with E-state index in [-0.39, 0.29) is 11.9 Å². The van der Waals surface area contributed by atoms with Crippen LogP contribution in [0.4, 0.5) is 4.39 Å². The van der Waals surface area contributed by atoms with Crippen LogP contribution < -0.4 is 4.74 Å². The van der Waals surface area contributed by atoms with Crippen LogP contribution >= 0.6 is 15.9 Å². The maximum atomic E-state index is 13.8. The Morgan fingerprint density at radius 1 is 1.28 bits per heavy atom. The van der Waals surface area contributed by atoms with Crippen molar-refractivity contribution < 1.29 is 9.13 Å². The summed E-state index contributed by atoms with van der Waals surface area (Å²) in [6, 6.07) is 5.10. The second-order valence-electron chi connectivity index (χ2n) is 5.37. The SMILES string of the molecule is CC1CCC(Oc2c(F)cccc2CBr)CC1C. The van der Waals surface area contributed by atoms with Crippen molar-refractivity contribution in [3.63, 3.8) is 0 Å². The standard InChI is InChI=1S/C15H20BrFO/c1-10-6-7-13(8-11(10)2)18-15-12(9-16)4-3-5-14(15)17/h3-5,10-11,13H,6-9H2,1-2H3. The van der Waals surface area contributed by atoms with Crippen LogP contribution in [0.2, 0.25) is 0 Å². The first-order valence-corrected chi connectivity index (χ1v) is 7.74. The summed E-state index contributed by atoms with van der Waals surface area (Å²) in [6.07, 6.45) is 3.38. The summed E-state index contributed by atoms with van der Waals surface area (Å²) in [5.41, 5.74) is 0.890. The molecule has 3 unspecified atom stereocenters. The van der Waals surface area contributed by atoms with Gasteiger partial charge in [-0.1, -0.05) is 41.9 Å². The molecule has 0 aromatic heterocycles. The van der Waals surface area contributed by atoms with Crippen LogP contribution in [-0.4, -0.2) is 6.10 Å². The van der Waals surface area contributed by atoms with Gasteiger partial charge in [0.15, 0.2) is 11.6 Å². The Morgan fingerprint density at radius 2 is 2.06 bits per heavy atom. The monoisotopic (exact) mass is 314 g/mol. The molecule has 18 heavy (non-hydrogen) atoms. The largest absolute Gasteiger partial charge is 0.487 e. The van der Waals surface area contributed by atoms with E-state index in [0.717, 1.165) is 24.3 Å². The molecule has 0 aliphatic heterocycles. The van der Waals surface area contributed by atoms with Gasteiger partial charge in [-0.2, -0.15) is 0 Å². The molecule has 3 atom stereocenters. The number of rotatable bonds is 3. The summed E-state index contributed by atoms with van der Waals surface area (Å²) in [5.74, 6) is 1.59. The summed E-state index contributed by atoms with van der Waals surface area (Å²) < 4.78 is 19.7. The third-order valence-electron chi connectivity index (χ3n) is 4.03. The van der Waals surface area contributed by atoms with E-state index in [2.05, 4.69) is 29.8 Å². The Balaban J connectivity index is 2.10. The number of ether oxygens (including phenoxy) is 1. The van der Waals surface area contributed by atoms with E-state index in [0.29, 0.717) is 17.0 Å². The number of benzene rings is 1. The minimum absolute atomic E-state index is 0.158. The van der Waals surface area contributed by atoms with Crippen LogP contribution in [-0.2, 0) is 5.33 Å². The molecule has 1 aromatic carbocycles. The molecule has 3 heteroatoms. The molecule has 0 N–H and O–H groups in total. The highest BCUT2D eigenvalue weighted by molar-refractivity contribution is 9.08. The molecule has 0 radical (unpaired) electrons. The zero-order valence-electron chi connectivity index (χ0n) is 11.0. The molecule has 1 aliphatic carbocycles. The Bertz CT molecular complexity index is 407. The summed E-state index contributed by atoms with van der Waals surface area (Å²) in [5, 5.41) is 0.624. The van der Waals surface area contributed by atoms with Crippen molar-refractivity contribution in [3.8, 4) is 5.75 Å². The number of halogens is 2. The normalized spacial score (nSPS) is 28.1. The zero-order valence-corrected chi connectivity index (χ0v) is 12.5. The van der Waals surface area contributed by atoms with Crippen LogP contribution in [0.15, 0.2) is 18.2 Å². The number of hydrogen-bond acceptors (Lipinski definition) is 1. The van der Waals surface area contributed by atoms with Gasteiger partial charge < -0.3 is 4.74 Å². The molecule has 0 spiro atoms. The van der Waals surface area contributed by atoms with Gasteiger partial charge in [-0.15, -0.1) is 0 Å². The predicted molar refractivity (Wildman–Crippen MR) is 75.6 cm³/mol. The van der Waals surface area contributed by atoms with Gasteiger partial charge in [0.25, 0.3) is 0 Å². The quantitative estimate of drug-likeness (QED) is 0.719. The van der Waals surface area contributed by atoms with E-state index < -0.39 is 0 Å². The lowest BCUT2D eigenvalue weighted by atomic mass is 9.80. The number of alkyl halides is 1. The highest BCUT2D eigenvalue weighted by Crippen LogP contribution is 2.34. The molecule has 1 aromatic rings. The Labute approximate surface area is 117 Å². The summed E-state index contributed by atoms with van der Waals surface area (Å²) >= 11 is 3.38. The summed E-state index contributed by atoms with van der Waals surface area (Å²) in [7, 11) is 0. The molecule has 1 fully saturated rings. The average Bonchev–Trinajstić information content (AvgIpc) is 2.36. The lowest BCUT2D eigenvalue weighted by Gasteiger charge is -2.32. The topological polar surface area (TPSA) is 9.23 Å². The number of para-hydroxylation sites is 1. The second-order valence-corrected chi connectivity index (χ2v) is 5.93. The van der Waals surface area contributed by atoms with Gasteiger partial charge >= 0.3 is 0 Å². The van der Waals surface area contributed by atoms with E-state index in [1.807, 2.05) is 6.07 Å². The van der Waals surface area contributed by atoms with Gasteiger partial charge in [-0.25, -0.2) is 4.39 Å². The van der Waals surface area contributed by atoms with Crippen molar-refractivity contribution in [1.29, 1.82) is 0 Å². The minimum Gasteiger partial charge on any atom is -0.487 e. The fourth-order valence-corrected chi connectivity index (χ4v) is 3.00. The zero-order chi connectivity index (χ0) is 13.1. The lowest BCUT2D eigenvalue weighted by molar-refractivity contribution is 0.0961. The molecule has 0 saturated heterocycles. The molecular weight excluding hydrogens is 295 g/mol. The van der Waals surface area contributed by atoms with E-state index in [9.17, 15) is 4.39 Å². The van der Waals surface area contributed by atoms with E-state index >= 15 is 0 Å². The van der Waals surface area contributed by atoms with Crippen LogP contribution in [0.25, 0.3) is 0 Å². The maximum absolute atomic E-state index is 13.8. The molecule has 1 aliphatic rings. The Morgan fingerprint density at radius 3 is 2.72 bits per heavy atom. The van der Waals surface area contributed by atoms with Gasteiger partial charge in [-0.3, -0.25) is 0 Å². The Hall–Kier alpha value is -0.570. The lowest BCUT2D eigenvalue weighted by Crippen LogP contribution is -2.29. The smallest absolute Gasteiger partial charge is 0.165 e. The van der Waals surface area contributed by atoms with Crippen LogP contribution in [0.5, 0.6) is 5.75 Å². The fraction of sp³-hybridized carbons (Fsp3) is 0.600. The van der Waals surface area contributed by atoms with Gasteiger partial charge in [0.05, 0.1) is 6.10 Å². The van der Waals surface area contributed by atoms with Gasteiger partial charge in [0, 0.05) is 10.9 Å². The highest BCUT2D eigenvalue weighted by atomic mass is 79.9. The van der Waals surface area contributed by atoms with Crippen molar-refractivity contribution >= 4 is 15.9 Å². The Kier molecular flexibility index (Phi) is 4.66. The van der Waals surface area contributed by atoms with Gasteiger partial charge in [0.2, 0.25) is 0 Å². The van der Waals surface area contributed by atoms with Crippen LogP contribution in [0, 0.1) is 17.7 Å². The maximum Gasteiger partial charge on any atom is 0.165 e. The van der Waals surface area contributed by atoms with Crippen molar-refractivity contribution in [2.75, 3.05) is 0 Å². The molecule has 1 nitrogen and oxygen atoms in total. The van der Waals surface area contributed by atoms with Crippen molar-refractivity contribution in [3.05, 3.63) is 29.6 Å². The van der Waals surface area contributed by atoms with E-state index in [4.69, 9.17) is 4.74 Å². The molecule has 0 heterocycles. The highest BCUT2D eigenvalue weighted by Gasteiger charge is 2.26. The first-order chi connectivity index (χ1) is 8.61. The molecule has 0 bridgehead atoms. The van der Waals surface area contributed by atoms with Gasteiger partial charge in [-0.05, 0) is 37.2 Å². The van der Waals surface area contributed by atoms with Crippen LogP contribution in [0.3, 0.4) is 0 Å². The minimum atomic E-state index is -0.252. The van der Waals surface area contributed by atoms with Crippen LogP contribution in [0.1, 0.15) is 38.7 Å².